The summed E-state index contributed by atoms with van der Waals surface area (Å²) in [5.74, 6) is 0.279. The number of nitrogens with zero attached hydrogens (tertiary/aromatic N) is 1. The third-order valence-corrected chi connectivity index (χ3v) is 4.30. The van der Waals surface area contributed by atoms with Crippen molar-refractivity contribution in [3.63, 3.8) is 0 Å². The van der Waals surface area contributed by atoms with Gasteiger partial charge in [-0.3, -0.25) is 4.79 Å². The molecule has 94 valence electrons. The van der Waals surface area contributed by atoms with Gasteiger partial charge in [-0.1, -0.05) is 24.2 Å². The molecule has 0 radical (unpaired) electrons. The number of thiazole rings is 1. The van der Waals surface area contributed by atoms with E-state index in [0.717, 1.165) is 41.6 Å². The molecule has 1 aliphatic rings. The molecule has 1 aromatic carbocycles. The lowest BCUT2D eigenvalue weighted by molar-refractivity contribution is -0.119. The van der Waals surface area contributed by atoms with Crippen molar-refractivity contribution in [1.29, 1.82) is 0 Å². The first-order valence-electron chi connectivity index (χ1n) is 6.19. The van der Waals surface area contributed by atoms with Crippen LogP contribution in [0.3, 0.4) is 0 Å². The Balaban J connectivity index is 1.79. The van der Waals surface area contributed by atoms with Crippen molar-refractivity contribution in [1.82, 2.24) is 4.98 Å². The molecule has 1 fully saturated rings. The van der Waals surface area contributed by atoms with E-state index in [2.05, 4.69) is 10.3 Å². The maximum absolute atomic E-state index is 12.0. The molecular weight excluding hydrogens is 246 g/mol. The molecule has 0 aliphatic heterocycles. The Morgan fingerprint density at radius 1 is 1.39 bits per heavy atom. The topological polar surface area (TPSA) is 68.0 Å². The van der Waals surface area contributed by atoms with E-state index in [1.54, 1.807) is 0 Å². The maximum atomic E-state index is 12.0. The van der Waals surface area contributed by atoms with Gasteiger partial charge in [0.25, 0.3) is 0 Å². The quantitative estimate of drug-likeness (QED) is 0.816. The molecule has 0 spiro atoms. The van der Waals surface area contributed by atoms with Gasteiger partial charge in [0.15, 0.2) is 5.13 Å². The van der Waals surface area contributed by atoms with Crippen molar-refractivity contribution in [3.05, 3.63) is 18.2 Å². The van der Waals surface area contributed by atoms with E-state index in [9.17, 15) is 4.79 Å². The second-order valence-corrected chi connectivity index (χ2v) is 5.75. The van der Waals surface area contributed by atoms with E-state index in [1.807, 2.05) is 18.2 Å². The largest absolute Gasteiger partial charge is 0.399 e. The number of hydrogen-bond acceptors (Lipinski definition) is 4. The number of carbonyl (C=O) groups is 1. The van der Waals surface area contributed by atoms with Crippen LogP contribution in [0, 0.1) is 5.92 Å². The maximum Gasteiger partial charge on any atom is 0.229 e. The molecule has 0 atom stereocenters. The summed E-state index contributed by atoms with van der Waals surface area (Å²) in [6, 6.07) is 5.59. The summed E-state index contributed by atoms with van der Waals surface area (Å²) in [5, 5.41) is 3.59. The van der Waals surface area contributed by atoms with Crippen LogP contribution in [0.1, 0.15) is 25.7 Å². The summed E-state index contributed by atoms with van der Waals surface area (Å²) in [7, 11) is 0. The Morgan fingerprint density at radius 2 is 2.17 bits per heavy atom. The van der Waals surface area contributed by atoms with Crippen LogP contribution in [-0.4, -0.2) is 10.9 Å². The zero-order chi connectivity index (χ0) is 12.5. The van der Waals surface area contributed by atoms with E-state index in [0.29, 0.717) is 5.13 Å². The van der Waals surface area contributed by atoms with Crippen LogP contribution in [0.2, 0.25) is 0 Å². The van der Waals surface area contributed by atoms with Crippen LogP contribution in [0.15, 0.2) is 18.2 Å². The Hall–Kier alpha value is -1.62. The van der Waals surface area contributed by atoms with Gasteiger partial charge in [-0.2, -0.15) is 0 Å². The second-order valence-electron chi connectivity index (χ2n) is 4.72. The lowest BCUT2D eigenvalue weighted by Gasteiger charge is -2.06. The number of nitrogens with one attached hydrogen (secondary N) is 1. The van der Waals surface area contributed by atoms with Gasteiger partial charge in [0.1, 0.15) is 0 Å². The number of anilines is 2. The lowest BCUT2D eigenvalue weighted by atomic mass is 10.1. The number of aromatic nitrogens is 1. The fraction of sp³-hybridized carbons (Fsp3) is 0.385. The third kappa shape index (κ3) is 2.18. The van der Waals surface area contributed by atoms with Crippen molar-refractivity contribution in [2.75, 3.05) is 11.1 Å². The Bertz CT molecular complexity index is 587. The summed E-state index contributed by atoms with van der Waals surface area (Å²) < 4.78 is 1.01. The molecule has 18 heavy (non-hydrogen) atoms. The second kappa shape index (κ2) is 4.57. The highest BCUT2D eigenvalue weighted by atomic mass is 32.1. The third-order valence-electron chi connectivity index (χ3n) is 3.37. The number of hydrogen-bond donors (Lipinski definition) is 2. The van der Waals surface area contributed by atoms with Crippen LogP contribution in [0.4, 0.5) is 10.8 Å². The highest BCUT2D eigenvalue weighted by molar-refractivity contribution is 7.22. The van der Waals surface area contributed by atoms with Crippen LogP contribution < -0.4 is 11.1 Å². The number of carbonyl (C=O) groups excluding carboxylic acids is 1. The van der Waals surface area contributed by atoms with Crippen molar-refractivity contribution in [2.45, 2.75) is 25.7 Å². The van der Waals surface area contributed by atoms with Crippen LogP contribution in [0.5, 0.6) is 0 Å². The zero-order valence-corrected chi connectivity index (χ0v) is 10.8. The average Bonchev–Trinajstić information content (AvgIpc) is 2.95. The molecule has 0 unspecified atom stereocenters. The molecule has 0 saturated heterocycles. The Kier molecular flexibility index (Phi) is 2.91. The standard InChI is InChI=1S/C13H15N3OS/c14-9-5-6-10-11(7-9)18-13(15-10)16-12(17)8-3-1-2-4-8/h5-8H,1-4,14H2,(H,15,16,17). The average molecular weight is 261 g/mol. The minimum atomic E-state index is 0.111. The number of amides is 1. The number of benzene rings is 1. The fourth-order valence-electron chi connectivity index (χ4n) is 2.39. The van der Waals surface area contributed by atoms with Gasteiger partial charge < -0.3 is 11.1 Å². The van der Waals surface area contributed by atoms with Gasteiger partial charge in [-0.05, 0) is 31.0 Å². The van der Waals surface area contributed by atoms with Crippen molar-refractivity contribution < 1.29 is 4.79 Å². The summed E-state index contributed by atoms with van der Waals surface area (Å²) in [6.07, 6.45) is 4.33. The van der Waals surface area contributed by atoms with Gasteiger partial charge in [-0.15, -0.1) is 0 Å². The molecule has 1 aliphatic carbocycles. The van der Waals surface area contributed by atoms with Crippen LogP contribution in [0.25, 0.3) is 10.2 Å². The molecule has 3 rings (SSSR count). The number of nitrogens with two attached hydrogens (primary N) is 1. The molecule has 1 aromatic heterocycles. The molecule has 3 N–H and O–H groups in total. The highest BCUT2D eigenvalue weighted by Crippen LogP contribution is 2.30. The molecule has 5 heteroatoms. The SMILES string of the molecule is Nc1ccc2nc(NC(=O)C3CCCC3)sc2c1. The van der Waals surface area contributed by atoms with Crippen LogP contribution >= 0.6 is 11.3 Å². The minimum absolute atomic E-state index is 0.111. The Morgan fingerprint density at radius 3 is 2.94 bits per heavy atom. The monoisotopic (exact) mass is 261 g/mol. The normalized spacial score (nSPS) is 16.2. The molecule has 1 saturated carbocycles. The smallest absolute Gasteiger partial charge is 0.229 e. The first-order valence-corrected chi connectivity index (χ1v) is 7.01. The predicted octanol–water partition coefficient (Wildman–Crippen LogP) is 3.01. The summed E-state index contributed by atoms with van der Waals surface area (Å²) in [5.41, 5.74) is 7.33. The minimum Gasteiger partial charge on any atom is -0.399 e. The fourth-order valence-corrected chi connectivity index (χ4v) is 3.31. The molecule has 1 heterocycles. The summed E-state index contributed by atoms with van der Waals surface area (Å²) in [6.45, 7) is 0. The molecular formula is C13H15N3OS. The number of rotatable bonds is 2. The van der Waals surface area contributed by atoms with Gasteiger partial charge in [0.05, 0.1) is 10.2 Å². The van der Waals surface area contributed by atoms with Crippen LogP contribution in [-0.2, 0) is 4.79 Å². The lowest BCUT2D eigenvalue weighted by Crippen LogP contribution is -2.19. The van der Waals surface area contributed by atoms with Gasteiger partial charge >= 0.3 is 0 Å². The summed E-state index contributed by atoms with van der Waals surface area (Å²) >= 11 is 1.48. The van der Waals surface area contributed by atoms with E-state index >= 15 is 0 Å². The first-order chi connectivity index (χ1) is 8.72. The van der Waals surface area contributed by atoms with Crippen molar-refractivity contribution in [3.8, 4) is 0 Å². The summed E-state index contributed by atoms with van der Waals surface area (Å²) in [4.78, 5) is 16.4. The highest BCUT2D eigenvalue weighted by Gasteiger charge is 2.23. The first kappa shape index (κ1) is 11.5. The number of fused-ring (bicyclic) bond motifs is 1. The van der Waals surface area contributed by atoms with E-state index in [-0.39, 0.29) is 11.8 Å². The number of nitrogen functional groups attached to an aromatic ring is 1. The zero-order valence-electron chi connectivity index (χ0n) is 9.98. The van der Waals surface area contributed by atoms with Crippen molar-refractivity contribution >= 4 is 38.3 Å². The van der Waals surface area contributed by atoms with E-state index in [4.69, 9.17) is 5.73 Å². The van der Waals surface area contributed by atoms with Gasteiger partial charge in [0, 0.05) is 11.6 Å². The van der Waals surface area contributed by atoms with E-state index in [1.165, 1.54) is 11.3 Å². The molecule has 0 bridgehead atoms. The molecule has 2 aromatic rings. The van der Waals surface area contributed by atoms with Gasteiger partial charge in [-0.25, -0.2) is 4.98 Å². The van der Waals surface area contributed by atoms with Crippen molar-refractivity contribution in [2.24, 2.45) is 5.92 Å². The van der Waals surface area contributed by atoms with E-state index < -0.39 is 0 Å². The molecule has 1 amide bonds. The van der Waals surface area contributed by atoms with Gasteiger partial charge in [0.2, 0.25) is 5.91 Å². The predicted molar refractivity (Wildman–Crippen MR) is 74.6 cm³/mol. The Labute approximate surface area is 109 Å². The molecule has 4 nitrogen and oxygen atoms in total.